The van der Waals surface area contributed by atoms with Crippen molar-refractivity contribution < 1.29 is 39.6 Å². The van der Waals surface area contributed by atoms with Crippen molar-refractivity contribution in [1.29, 1.82) is 0 Å². The first kappa shape index (κ1) is 13.4. The van der Waals surface area contributed by atoms with Crippen LogP contribution in [0.1, 0.15) is 13.8 Å². The quantitative estimate of drug-likeness (QED) is 0.705. The standard InChI is InChI=1S/C4H11O4P.W/c1-4(2)8-9(5,6)7-3;/h4H,1-3H3,(H,5,6);/p-1. The third-order valence-corrected chi connectivity index (χ3v) is 1.69. The Balaban J connectivity index is 0. The molecule has 0 bridgehead atoms. The largest absolute Gasteiger partial charge is 0.756 e. The molecule has 0 N–H and O–H groups in total. The summed E-state index contributed by atoms with van der Waals surface area (Å²) in [7, 11) is -2.91. The minimum absolute atomic E-state index is 0. The molecule has 0 fully saturated rings. The molecule has 0 amide bonds. The maximum absolute atomic E-state index is 10.4. The van der Waals surface area contributed by atoms with Gasteiger partial charge in [-0.2, -0.15) is 0 Å². The van der Waals surface area contributed by atoms with Gasteiger partial charge in [0, 0.05) is 28.2 Å². The molecule has 0 aromatic heterocycles. The van der Waals surface area contributed by atoms with Crippen molar-refractivity contribution in [1.82, 2.24) is 0 Å². The van der Waals surface area contributed by atoms with E-state index in [0.717, 1.165) is 7.11 Å². The van der Waals surface area contributed by atoms with Gasteiger partial charge in [-0.1, -0.05) is 0 Å². The number of phosphoric ester groups is 1. The molecule has 10 heavy (non-hydrogen) atoms. The maximum Gasteiger partial charge on any atom is 0.267 e. The third-order valence-electron chi connectivity index (χ3n) is 0.564. The van der Waals surface area contributed by atoms with Crippen LogP contribution in [0, 0.1) is 0 Å². The van der Waals surface area contributed by atoms with Gasteiger partial charge in [0.05, 0.1) is 6.10 Å². The molecule has 0 aromatic carbocycles. The zero-order valence-electron chi connectivity index (χ0n) is 6.07. The van der Waals surface area contributed by atoms with Crippen LogP contribution in [0.15, 0.2) is 0 Å². The first-order valence-corrected chi connectivity index (χ1v) is 3.99. The van der Waals surface area contributed by atoms with Gasteiger partial charge in [-0.25, -0.2) is 0 Å². The van der Waals surface area contributed by atoms with E-state index < -0.39 is 7.82 Å². The van der Waals surface area contributed by atoms with E-state index in [9.17, 15) is 9.46 Å². The second kappa shape index (κ2) is 5.45. The minimum Gasteiger partial charge on any atom is -0.756 e. The first-order chi connectivity index (χ1) is 3.98. The van der Waals surface area contributed by atoms with Crippen LogP contribution in [0.4, 0.5) is 0 Å². The van der Waals surface area contributed by atoms with Crippen LogP contribution in [0.3, 0.4) is 0 Å². The van der Waals surface area contributed by atoms with Gasteiger partial charge in [-0.05, 0) is 13.8 Å². The smallest absolute Gasteiger partial charge is 0.267 e. The molecule has 0 saturated carbocycles. The monoisotopic (exact) mass is 337 g/mol. The van der Waals surface area contributed by atoms with Gasteiger partial charge in [0.1, 0.15) is 0 Å². The first-order valence-electron chi connectivity index (χ1n) is 2.53. The van der Waals surface area contributed by atoms with Gasteiger partial charge in [0.2, 0.25) is 0 Å². The summed E-state index contributed by atoms with van der Waals surface area (Å²) >= 11 is 0. The molecule has 6 heteroatoms. The predicted molar refractivity (Wildman–Crippen MR) is 30.8 cm³/mol. The van der Waals surface area contributed by atoms with Crippen molar-refractivity contribution in [2.45, 2.75) is 20.0 Å². The van der Waals surface area contributed by atoms with Crippen LogP contribution < -0.4 is 4.89 Å². The van der Waals surface area contributed by atoms with Gasteiger partial charge < -0.3 is 13.9 Å². The average molecular weight is 337 g/mol. The number of phosphoric acid groups is 1. The zero-order chi connectivity index (χ0) is 7.49. The number of hydrogen-bond donors (Lipinski definition) is 0. The van der Waals surface area contributed by atoms with Crippen LogP contribution in [-0.4, -0.2) is 13.2 Å². The van der Waals surface area contributed by atoms with E-state index in [-0.39, 0.29) is 27.2 Å². The fourth-order valence-electron chi connectivity index (χ4n) is 0.301. The summed E-state index contributed by atoms with van der Waals surface area (Å²) in [5.74, 6) is 0. The van der Waals surface area contributed by atoms with E-state index in [1.54, 1.807) is 13.8 Å². The fourth-order valence-corrected chi connectivity index (χ4v) is 0.904. The maximum atomic E-state index is 10.4. The Labute approximate surface area is 74.8 Å². The van der Waals surface area contributed by atoms with Crippen LogP contribution in [0.2, 0.25) is 0 Å². The van der Waals surface area contributed by atoms with Gasteiger partial charge in [0.15, 0.2) is 0 Å². The van der Waals surface area contributed by atoms with Crippen molar-refractivity contribution >= 4 is 7.82 Å². The van der Waals surface area contributed by atoms with Crippen molar-refractivity contribution in [2.24, 2.45) is 0 Å². The summed E-state index contributed by atoms with van der Waals surface area (Å²) in [6.45, 7) is 3.23. The molecule has 0 rings (SSSR count). The molecule has 1 atom stereocenters. The third kappa shape index (κ3) is 6.91. The summed E-state index contributed by atoms with van der Waals surface area (Å²) in [6, 6.07) is 0. The van der Waals surface area contributed by atoms with Crippen LogP contribution in [-0.2, 0) is 34.7 Å². The summed E-state index contributed by atoms with van der Waals surface area (Å²) in [5.41, 5.74) is 0. The Morgan fingerprint density at radius 2 is 1.90 bits per heavy atom. The number of rotatable bonds is 3. The minimum atomic E-state index is -3.98. The molecule has 62 valence electrons. The molecule has 0 spiro atoms. The molecule has 0 aliphatic heterocycles. The zero-order valence-corrected chi connectivity index (χ0v) is 9.89. The van der Waals surface area contributed by atoms with Gasteiger partial charge >= 0.3 is 0 Å². The summed E-state index contributed by atoms with van der Waals surface area (Å²) < 4.78 is 18.8. The Bertz CT molecular complexity index is 126. The van der Waals surface area contributed by atoms with Crippen molar-refractivity contribution in [2.75, 3.05) is 7.11 Å². The SMILES string of the molecule is COP(=O)([O-])OC(C)C.[W]. The van der Waals surface area contributed by atoms with Crippen LogP contribution >= 0.6 is 7.82 Å². The Morgan fingerprint density at radius 1 is 1.50 bits per heavy atom. The molecular formula is C4H10O4PW-. The van der Waals surface area contributed by atoms with Gasteiger partial charge in [-0.3, -0.25) is 4.57 Å². The van der Waals surface area contributed by atoms with Gasteiger partial charge in [0.25, 0.3) is 7.82 Å². The molecule has 1 unspecified atom stereocenters. The van der Waals surface area contributed by atoms with Crippen molar-refractivity contribution in [3.63, 3.8) is 0 Å². The van der Waals surface area contributed by atoms with E-state index in [4.69, 9.17) is 0 Å². The summed E-state index contributed by atoms with van der Waals surface area (Å²) in [6.07, 6.45) is -0.353. The van der Waals surface area contributed by atoms with E-state index in [0.29, 0.717) is 0 Å². The topological polar surface area (TPSA) is 58.6 Å². The molecule has 0 aliphatic carbocycles. The molecule has 0 aliphatic rings. The summed E-state index contributed by atoms with van der Waals surface area (Å²) in [5, 5.41) is 0. The van der Waals surface area contributed by atoms with Crippen molar-refractivity contribution in [3.8, 4) is 0 Å². The van der Waals surface area contributed by atoms with E-state index >= 15 is 0 Å². The average Bonchev–Trinajstić information content (AvgIpc) is 1.63. The molecule has 0 heterocycles. The Morgan fingerprint density at radius 3 is 2.00 bits per heavy atom. The second-order valence-electron chi connectivity index (χ2n) is 1.78. The molecule has 0 saturated heterocycles. The summed E-state index contributed by atoms with van der Waals surface area (Å²) in [4.78, 5) is 10.4. The van der Waals surface area contributed by atoms with Crippen LogP contribution in [0.25, 0.3) is 0 Å². The second-order valence-corrected chi connectivity index (χ2v) is 3.25. The fraction of sp³-hybridized carbons (Fsp3) is 1.00. The predicted octanol–water partition coefficient (Wildman–Crippen LogP) is 0.524. The van der Waals surface area contributed by atoms with E-state index in [2.05, 4.69) is 9.05 Å². The van der Waals surface area contributed by atoms with E-state index in [1.807, 2.05) is 0 Å². The van der Waals surface area contributed by atoms with Gasteiger partial charge in [-0.15, -0.1) is 0 Å². The van der Waals surface area contributed by atoms with E-state index in [1.165, 1.54) is 0 Å². The number of hydrogen-bond acceptors (Lipinski definition) is 4. The Hall–Kier alpha value is 0.798. The normalized spacial score (nSPS) is 16.1. The van der Waals surface area contributed by atoms with Crippen molar-refractivity contribution in [3.05, 3.63) is 0 Å². The molecule has 0 aromatic rings. The Kier molecular flexibility index (Phi) is 7.30. The molecular weight excluding hydrogens is 327 g/mol. The molecule has 4 nitrogen and oxygen atoms in total. The molecule has 0 radical (unpaired) electrons. The van der Waals surface area contributed by atoms with Crippen LogP contribution in [0.5, 0.6) is 0 Å².